The lowest BCUT2D eigenvalue weighted by Crippen LogP contribution is -2.53. The Labute approximate surface area is 272 Å². The highest BCUT2D eigenvalue weighted by atomic mass is 16.3. The monoisotopic (exact) mass is 625 g/mol. The van der Waals surface area contributed by atoms with Crippen molar-refractivity contribution in [1.29, 1.82) is 0 Å². The zero-order valence-electron chi connectivity index (χ0n) is 26.7. The van der Waals surface area contributed by atoms with Crippen molar-refractivity contribution in [2.24, 2.45) is 0 Å². The molecule has 1 heterocycles. The van der Waals surface area contributed by atoms with Crippen molar-refractivity contribution in [2.45, 2.75) is 89.1 Å². The third-order valence-corrected chi connectivity index (χ3v) is 8.96. The summed E-state index contributed by atoms with van der Waals surface area (Å²) in [7, 11) is 0. The van der Waals surface area contributed by atoms with Crippen LogP contribution in [0.15, 0.2) is 78.9 Å². The highest BCUT2D eigenvalue weighted by Crippen LogP contribution is 2.27. The average molecular weight is 626 g/mol. The number of nitrogens with one attached hydrogen (secondary N) is 4. The predicted molar refractivity (Wildman–Crippen MR) is 182 cm³/mol. The van der Waals surface area contributed by atoms with Gasteiger partial charge in [-0.1, -0.05) is 79.9 Å². The molecule has 3 amide bonds. The van der Waals surface area contributed by atoms with Crippen LogP contribution in [0, 0.1) is 0 Å². The van der Waals surface area contributed by atoms with Gasteiger partial charge in [-0.3, -0.25) is 14.4 Å². The molecule has 5 rings (SSSR count). The van der Waals surface area contributed by atoms with Crippen LogP contribution in [0.5, 0.6) is 0 Å². The number of nitrogens with zero attached hydrogens (tertiary/aromatic N) is 1. The fraction of sp³-hybridized carbons (Fsp3) is 0.432. The van der Waals surface area contributed by atoms with Crippen molar-refractivity contribution in [3.05, 3.63) is 95.6 Å². The van der Waals surface area contributed by atoms with Crippen molar-refractivity contribution < 1.29 is 19.5 Å². The maximum atomic E-state index is 13.9. The molecule has 1 saturated heterocycles. The van der Waals surface area contributed by atoms with Crippen LogP contribution in [0.3, 0.4) is 0 Å². The maximum absolute atomic E-state index is 13.9. The SMILES string of the molecule is CC(NCC(O)C(Cc1ccccc1)NC(=O)c1cc(NCc2ccccc2)cc(N2CCCC2=O)c1)C(=O)NC1CCCCC1. The van der Waals surface area contributed by atoms with Gasteiger partial charge in [0.15, 0.2) is 0 Å². The molecule has 2 fully saturated rings. The number of amides is 3. The maximum Gasteiger partial charge on any atom is 0.251 e. The number of benzene rings is 3. The highest BCUT2D eigenvalue weighted by molar-refractivity contribution is 6.00. The van der Waals surface area contributed by atoms with E-state index in [1.165, 1.54) is 6.42 Å². The summed E-state index contributed by atoms with van der Waals surface area (Å²) >= 11 is 0. The molecule has 0 spiro atoms. The molecule has 1 saturated carbocycles. The molecule has 9 heteroatoms. The van der Waals surface area contributed by atoms with Crippen LogP contribution in [0.2, 0.25) is 0 Å². The molecule has 1 aliphatic heterocycles. The Balaban J connectivity index is 1.30. The van der Waals surface area contributed by atoms with Gasteiger partial charge in [0.25, 0.3) is 5.91 Å². The molecule has 3 aromatic rings. The summed E-state index contributed by atoms with van der Waals surface area (Å²) in [5.74, 6) is -0.387. The molecule has 0 radical (unpaired) electrons. The predicted octanol–water partition coefficient (Wildman–Crippen LogP) is 4.55. The molecule has 5 N–H and O–H groups in total. The molecular formula is C37H47N5O4. The Kier molecular flexibility index (Phi) is 11.8. The number of hydrogen-bond acceptors (Lipinski definition) is 6. The minimum absolute atomic E-state index is 0.0386. The van der Waals surface area contributed by atoms with Crippen LogP contribution in [0.25, 0.3) is 0 Å². The highest BCUT2D eigenvalue weighted by Gasteiger charge is 2.27. The van der Waals surface area contributed by atoms with Gasteiger partial charge in [0.2, 0.25) is 11.8 Å². The summed E-state index contributed by atoms with van der Waals surface area (Å²) < 4.78 is 0. The molecule has 46 heavy (non-hydrogen) atoms. The number of aliphatic hydroxyl groups excluding tert-OH is 1. The third-order valence-electron chi connectivity index (χ3n) is 8.96. The van der Waals surface area contributed by atoms with Crippen LogP contribution in [-0.2, 0) is 22.6 Å². The zero-order valence-corrected chi connectivity index (χ0v) is 26.7. The van der Waals surface area contributed by atoms with Crippen LogP contribution < -0.4 is 26.2 Å². The van der Waals surface area contributed by atoms with E-state index in [0.29, 0.717) is 37.2 Å². The van der Waals surface area contributed by atoms with Crippen molar-refractivity contribution >= 4 is 29.1 Å². The van der Waals surface area contributed by atoms with Crippen molar-refractivity contribution in [1.82, 2.24) is 16.0 Å². The molecular weight excluding hydrogens is 578 g/mol. The van der Waals surface area contributed by atoms with Gasteiger partial charge in [0, 0.05) is 49.0 Å². The molecule has 0 aromatic heterocycles. The van der Waals surface area contributed by atoms with Gasteiger partial charge in [-0.15, -0.1) is 0 Å². The van der Waals surface area contributed by atoms with E-state index in [-0.39, 0.29) is 30.3 Å². The molecule has 3 aromatic carbocycles. The van der Waals surface area contributed by atoms with E-state index >= 15 is 0 Å². The number of rotatable bonds is 14. The third kappa shape index (κ3) is 9.40. The molecule has 3 atom stereocenters. The molecule has 3 unspecified atom stereocenters. The van der Waals surface area contributed by atoms with E-state index in [4.69, 9.17) is 0 Å². The summed E-state index contributed by atoms with van der Waals surface area (Å²) in [5.41, 5.74) is 3.86. The fourth-order valence-corrected chi connectivity index (χ4v) is 6.23. The van der Waals surface area contributed by atoms with Gasteiger partial charge in [-0.25, -0.2) is 0 Å². The Morgan fingerprint density at radius 1 is 0.913 bits per heavy atom. The van der Waals surface area contributed by atoms with Gasteiger partial charge >= 0.3 is 0 Å². The second kappa shape index (κ2) is 16.4. The fourth-order valence-electron chi connectivity index (χ4n) is 6.23. The number of hydrogen-bond donors (Lipinski definition) is 5. The summed E-state index contributed by atoms with van der Waals surface area (Å²) in [6.45, 7) is 3.09. The van der Waals surface area contributed by atoms with Crippen LogP contribution >= 0.6 is 0 Å². The van der Waals surface area contributed by atoms with E-state index in [2.05, 4.69) is 21.3 Å². The minimum atomic E-state index is -0.965. The first-order valence-electron chi connectivity index (χ1n) is 16.7. The largest absolute Gasteiger partial charge is 0.390 e. The van der Waals surface area contributed by atoms with Gasteiger partial charge < -0.3 is 31.3 Å². The van der Waals surface area contributed by atoms with E-state index in [1.54, 1.807) is 24.0 Å². The summed E-state index contributed by atoms with van der Waals surface area (Å²) in [5, 5.41) is 24.2. The molecule has 244 valence electrons. The van der Waals surface area contributed by atoms with Gasteiger partial charge in [0.1, 0.15) is 0 Å². The Morgan fingerprint density at radius 3 is 2.28 bits per heavy atom. The average Bonchev–Trinajstić information content (AvgIpc) is 3.52. The molecule has 2 aliphatic rings. The zero-order chi connectivity index (χ0) is 32.3. The van der Waals surface area contributed by atoms with Gasteiger partial charge in [-0.05, 0) is 61.9 Å². The minimum Gasteiger partial charge on any atom is -0.390 e. The first kappa shape index (κ1) is 33.2. The molecule has 0 bridgehead atoms. The van der Waals surface area contributed by atoms with E-state index < -0.39 is 18.2 Å². The summed E-state index contributed by atoms with van der Waals surface area (Å²) in [6.07, 6.45) is 6.19. The molecule has 1 aliphatic carbocycles. The topological polar surface area (TPSA) is 123 Å². The van der Waals surface area contributed by atoms with E-state index in [1.807, 2.05) is 66.7 Å². The smallest absolute Gasteiger partial charge is 0.251 e. The van der Waals surface area contributed by atoms with Crippen molar-refractivity contribution in [2.75, 3.05) is 23.3 Å². The van der Waals surface area contributed by atoms with E-state index in [9.17, 15) is 19.5 Å². The Morgan fingerprint density at radius 2 is 1.61 bits per heavy atom. The quantitative estimate of drug-likeness (QED) is 0.179. The first-order chi connectivity index (χ1) is 22.4. The number of carbonyl (C=O) groups is 3. The standard InChI is InChI=1S/C37H47N5O4/c1-26(36(45)40-30-16-9-4-10-17-30)38-25-34(43)33(20-27-12-5-2-6-13-27)41-37(46)29-21-31(39-24-28-14-7-3-8-15-28)23-32(22-29)42-19-11-18-35(42)44/h2-3,5-8,12-15,21-23,26,30,33-34,38-39,43H,4,9-11,16-20,24-25H2,1H3,(H,40,45)(H,41,46). The second-order valence-electron chi connectivity index (χ2n) is 12.6. The normalized spacial score (nSPS) is 17.3. The summed E-state index contributed by atoms with van der Waals surface area (Å²) in [6, 6.07) is 24.2. The lowest BCUT2D eigenvalue weighted by atomic mass is 9.95. The van der Waals surface area contributed by atoms with Crippen molar-refractivity contribution in [3.63, 3.8) is 0 Å². The lowest BCUT2D eigenvalue weighted by Gasteiger charge is -2.28. The Hall–Kier alpha value is -4.21. The van der Waals surface area contributed by atoms with E-state index in [0.717, 1.165) is 48.9 Å². The van der Waals surface area contributed by atoms with Crippen molar-refractivity contribution in [3.8, 4) is 0 Å². The molecule has 9 nitrogen and oxygen atoms in total. The number of anilines is 2. The lowest BCUT2D eigenvalue weighted by molar-refractivity contribution is -0.123. The van der Waals surface area contributed by atoms with Gasteiger partial charge in [0.05, 0.1) is 18.2 Å². The Bertz CT molecular complexity index is 1440. The van der Waals surface area contributed by atoms with Crippen LogP contribution in [0.1, 0.15) is 73.4 Å². The first-order valence-corrected chi connectivity index (χ1v) is 16.7. The number of carbonyl (C=O) groups excluding carboxylic acids is 3. The second-order valence-corrected chi connectivity index (χ2v) is 12.6. The van der Waals surface area contributed by atoms with Crippen LogP contribution in [0.4, 0.5) is 11.4 Å². The van der Waals surface area contributed by atoms with Crippen LogP contribution in [-0.4, -0.2) is 60.1 Å². The number of aliphatic hydroxyl groups is 1. The summed E-state index contributed by atoms with van der Waals surface area (Å²) in [4.78, 5) is 41.0. The van der Waals surface area contributed by atoms with Gasteiger partial charge in [-0.2, -0.15) is 0 Å².